The Kier molecular flexibility index (Phi) is 4.84. The Morgan fingerprint density at radius 2 is 2.00 bits per heavy atom. The second-order valence-electron chi connectivity index (χ2n) is 2.96. The summed E-state index contributed by atoms with van der Waals surface area (Å²) in [5.74, 6) is 1.12. The zero-order valence-corrected chi connectivity index (χ0v) is 6.72. The topological polar surface area (TPSA) is 0 Å². The second-order valence-corrected chi connectivity index (χ2v) is 2.96. The first-order valence-corrected chi connectivity index (χ1v) is 3.70. The Labute approximate surface area is 59.7 Å². The normalized spacial score (nSPS) is 14.3. The molecular weight excluding hydrogens is 108 g/mol. The van der Waals surface area contributed by atoms with Crippen LogP contribution in [0.15, 0.2) is 0 Å². The lowest BCUT2D eigenvalue weighted by molar-refractivity contribution is 0.459. The Morgan fingerprint density at radius 1 is 1.44 bits per heavy atom. The van der Waals surface area contributed by atoms with Crippen molar-refractivity contribution in [2.75, 3.05) is 0 Å². The zero-order valence-electron chi connectivity index (χ0n) is 6.72. The molecule has 0 rings (SSSR count). The molecule has 0 aromatic heterocycles. The van der Waals surface area contributed by atoms with Gasteiger partial charge in [0.1, 0.15) is 0 Å². The van der Waals surface area contributed by atoms with E-state index in [4.69, 9.17) is 6.92 Å². The van der Waals surface area contributed by atoms with Crippen LogP contribution in [0, 0.1) is 25.2 Å². The first-order valence-electron chi connectivity index (χ1n) is 3.70. The van der Waals surface area contributed by atoms with E-state index < -0.39 is 0 Å². The summed E-state index contributed by atoms with van der Waals surface area (Å²) in [6.45, 7) is 12.0. The van der Waals surface area contributed by atoms with Crippen molar-refractivity contribution in [2.45, 2.75) is 33.6 Å². The molecule has 0 bridgehead atoms. The van der Waals surface area contributed by atoms with Crippen molar-refractivity contribution in [3.8, 4) is 0 Å². The minimum atomic E-state index is 0.361. The molecule has 0 aromatic carbocycles. The highest BCUT2D eigenvalue weighted by Gasteiger charge is 2.02. The standard InChI is InChI=1S/C9H17/c1-5-6-9(4)7-8(2)3/h2,5,8-9H,6-7H2,1,3-4H3. The average molecular weight is 125 g/mol. The van der Waals surface area contributed by atoms with Crippen molar-refractivity contribution in [3.63, 3.8) is 0 Å². The molecule has 0 spiro atoms. The quantitative estimate of drug-likeness (QED) is 0.542. The molecule has 0 amide bonds. The molecule has 0 N–H and O–H groups in total. The fourth-order valence-electron chi connectivity index (χ4n) is 1.13. The molecule has 0 nitrogen and oxygen atoms in total. The van der Waals surface area contributed by atoms with E-state index >= 15 is 0 Å². The maximum absolute atomic E-state index is 5.61. The van der Waals surface area contributed by atoms with Crippen LogP contribution in [0.5, 0.6) is 0 Å². The summed E-state index contributed by atoms with van der Waals surface area (Å²) >= 11 is 0. The summed E-state index contributed by atoms with van der Waals surface area (Å²) in [6, 6.07) is 0. The van der Waals surface area contributed by atoms with Gasteiger partial charge < -0.3 is 0 Å². The third kappa shape index (κ3) is 5.88. The molecule has 9 heavy (non-hydrogen) atoms. The minimum absolute atomic E-state index is 0.361. The molecule has 0 aliphatic heterocycles. The van der Waals surface area contributed by atoms with Crippen LogP contribution in [-0.2, 0) is 0 Å². The van der Waals surface area contributed by atoms with Crippen molar-refractivity contribution in [1.82, 2.24) is 0 Å². The van der Waals surface area contributed by atoms with E-state index in [1.807, 2.05) is 0 Å². The Hall–Kier alpha value is 0. The van der Waals surface area contributed by atoms with Crippen molar-refractivity contribution in [3.05, 3.63) is 13.3 Å². The Morgan fingerprint density at radius 3 is 2.33 bits per heavy atom. The van der Waals surface area contributed by atoms with Crippen molar-refractivity contribution in [1.29, 1.82) is 0 Å². The molecule has 0 aromatic rings. The van der Waals surface area contributed by atoms with Crippen LogP contribution in [0.25, 0.3) is 0 Å². The van der Waals surface area contributed by atoms with Crippen molar-refractivity contribution in [2.24, 2.45) is 11.8 Å². The largest absolute Gasteiger partial charge is 0.0625 e. The van der Waals surface area contributed by atoms with Crippen molar-refractivity contribution >= 4 is 0 Å². The molecule has 0 heterocycles. The number of hydrogen-bond donors (Lipinski definition) is 0. The second kappa shape index (κ2) is 4.84. The third-order valence-electron chi connectivity index (χ3n) is 1.41. The lowest BCUT2D eigenvalue weighted by Crippen LogP contribution is -1.99. The van der Waals surface area contributed by atoms with Gasteiger partial charge in [0.2, 0.25) is 0 Å². The predicted octanol–water partition coefficient (Wildman–Crippen LogP) is 2.97. The molecule has 2 atom stereocenters. The first-order chi connectivity index (χ1) is 4.16. The van der Waals surface area contributed by atoms with Crippen LogP contribution >= 0.6 is 0 Å². The van der Waals surface area contributed by atoms with Gasteiger partial charge in [-0.1, -0.05) is 20.8 Å². The van der Waals surface area contributed by atoms with Crippen LogP contribution in [-0.4, -0.2) is 0 Å². The van der Waals surface area contributed by atoms with Gasteiger partial charge in [-0.2, -0.15) is 0 Å². The van der Waals surface area contributed by atoms with Crippen LogP contribution < -0.4 is 0 Å². The average Bonchev–Trinajstić information content (AvgIpc) is 1.63. The minimum Gasteiger partial charge on any atom is -0.0625 e. The van der Waals surface area contributed by atoms with Gasteiger partial charge in [-0.25, -0.2) is 0 Å². The molecule has 0 fully saturated rings. The Bertz CT molecular complexity index is 55.1. The molecule has 0 heteroatoms. The molecule has 0 aliphatic carbocycles. The summed E-state index contributed by atoms with van der Waals surface area (Å²) < 4.78 is 0. The summed E-state index contributed by atoms with van der Waals surface area (Å²) in [5.41, 5.74) is 0. The first kappa shape index (κ1) is 9.00. The highest BCUT2D eigenvalue weighted by atomic mass is 14.1. The van der Waals surface area contributed by atoms with Gasteiger partial charge in [0.15, 0.2) is 0 Å². The van der Waals surface area contributed by atoms with Gasteiger partial charge in [-0.05, 0) is 38.0 Å². The fraction of sp³-hybridized carbons (Fsp3) is 0.778. The van der Waals surface area contributed by atoms with E-state index in [1.54, 1.807) is 0 Å². The molecule has 0 saturated heterocycles. The molecule has 0 aliphatic rings. The van der Waals surface area contributed by atoms with Gasteiger partial charge >= 0.3 is 0 Å². The molecule has 0 saturated carbocycles. The Balaban J connectivity index is 3.15. The zero-order chi connectivity index (χ0) is 7.28. The SMILES string of the molecule is [CH]C(C)CC(C)C[CH]C. The smallest absolute Gasteiger partial charge is 0.0321 e. The maximum atomic E-state index is 5.61. The summed E-state index contributed by atoms with van der Waals surface area (Å²) in [5, 5.41) is 0. The summed E-state index contributed by atoms with van der Waals surface area (Å²) in [6.07, 6.45) is 4.54. The van der Waals surface area contributed by atoms with Crippen LogP contribution in [0.1, 0.15) is 33.6 Å². The van der Waals surface area contributed by atoms with Gasteiger partial charge in [0, 0.05) is 0 Å². The molecular formula is C9H17. The number of hydrogen-bond acceptors (Lipinski definition) is 0. The van der Waals surface area contributed by atoms with E-state index in [1.165, 1.54) is 6.42 Å². The van der Waals surface area contributed by atoms with Crippen LogP contribution in [0.4, 0.5) is 0 Å². The van der Waals surface area contributed by atoms with E-state index in [2.05, 4.69) is 27.2 Å². The van der Waals surface area contributed by atoms with E-state index in [-0.39, 0.29) is 0 Å². The van der Waals surface area contributed by atoms with E-state index in [9.17, 15) is 0 Å². The van der Waals surface area contributed by atoms with Gasteiger partial charge in [-0.15, -0.1) is 0 Å². The van der Waals surface area contributed by atoms with Gasteiger partial charge in [-0.3, -0.25) is 0 Å². The molecule has 53 valence electrons. The van der Waals surface area contributed by atoms with E-state index in [0.29, 0.717) is 5.92 Å². The van der Waals surface area contributed by atoms with Crippen molar-refractivity contribution < 1.29 is 0 Å². The monoisotopic (exact) mass is 125 g/mol. The molecule has 3 radical (unpaired) electrons. The highest BCUT2D eigenvalue weighted by Crippen LogP contribution is 2.14. The lowest BCUT2D eigenvalue weighted by atomic mass is 9.95. The van der Waals surface area contributed by atoms with Crippen LogP contribution in [0.2, 0.25) is 0 Å². The maximum Gasteiger partial charge on any atom is -0.0321 e. The fourth-order valence-corrected chi connectivity index (χ4v) is 1.13. The van der Waals surface area contributed by atoms with Gasteiger partial charge in [0.25, 0.3) is 0 Å². The highest BCUT2D eigenvalue weighted by molar-refractivity contribution is 4.66. The summed E-state index contributed by atoms with van der Waals surface area (Å²) in [7, 11) is 0. The lowest BCUT2D eigenvalue weighted by Gasteiger charge is -2.11. The third-order valence-corrected chi connectivity index (χ3v) is 1.41. The van der Waals surface area contributed by atoms with E-state index in [0.717, 1.165) is 12.3 Å². The summed E-state index contributed by atoms with van der Waals surface area (Å²) in [4.78, 5) is 0. The van der Waals surface area contributed by atoms with Gasteiger partial charge in [0.05, 0.1) is 0 Å². The predicted molar refractivity (Wildman–Crippen MR) is 41.8 cm³/mol. The van der Waals surface area contributed by atoms with Crippen LogP contribution in [0.3, 0.4) is 0 Å². The molecule has 2 unspecified atom stereocenters. The number of rotatable bonds is 4.